The number of pyridine rings is 1. The Morgan fingerprint density at radius 3 is 2.89 bits per heavy atom. The van der Waals surface area contributed by atoms with E-state index >= 15 is 0 Å². The molecule has 4 N–H and O–H groups in total. The van der Waals surface area contributed by atoms with Crippen LogP contribution >= 0.6 is 10.8 Å². The van der Waals surface area contributed by atoms with Gasteiger partial charge < -0.3 is 10.6 Å². The predicted molar refractivity (Wildman–Crippen MR) is 107 cm³/mol. The van der Waals surface area contributed by atoms with Crippen molar-refractivity contribution in [3.05, 3.63) is 36.2 Å². The molecule has 1 aliphatic rings. The van der Waals surface area contributed by atoms with Crippen LogP contribution in [-0.4, -0.2) is 61.4 Å². The lowest BCUT2D eigenvalue weighted by Gasteiger charge is -2.46. The zero-order valence-corrected chi connectivity index (χ0v) is 16.0. The third-order valence-electron chi connectivity index (χ3n) is 4.83. The minimum atomic E-state index is -3.31. The van der Waals surface area contributed by atoms with Crippen LogP contribution in [0.25, 0.3) is 10.8 Å². The number of nitrogens with two attached hydrogens (primary N) is 1. The highest BCUT2D eigenvalue weighted by atomic mass is 32.3. The summed E-state index contributed by atoms with van der Waals surface area (Å²) >= 11 is 0. The van der Waals surface area contributed by atoms with E-state index in [1.807, 2.05) is 13.0 Å². The van der Waals surface area contributed by atoms with Gasteiger partial charge in [0.1, 0.15) is 0 Å². The number of terminal acetylenes is 1. The summed E-state index contributed by atoms with van der Waals surface area (Å²) in [6.07, 6.45) is 9.44. The molecule has 7 nitrogen and oxygen atoms in total. The van der Waals surface area contributed by atoms with Gasteiger partial charge in [-0.15, -0.1) is 17.2 Å². The fourth-order valence-corrected chi connectivity index (χ4v) is 5.51. The van der Waals surface area contributed by atoms with Crippen molar-refractivity contribution in [3.63, 3.8) is 0 Å². The lowest BCUT2D eigenvalue weighted by Crippen LogP contribution is -2.43. The van der Waals surface area contributed by atoms with Gasteiger partial charge in [-0.2, -0.15) is 4.31 Å². The number of fused-ring (bicyclic) bond motifs is 1. The van der Waals surface area contributed by atoms with Crippen LogP contribution in [-0.2, 0) is 4.79 Å². The molecule has 1 aliphatic heterocycles. The summed E-state index contributed by atoms with van der Waals surface area (Å²) in [7, 11) is -3.31. The number of amides is 1. The van der Waals surface area contributed by atoms with Gasteiger partial charge in [0.15, 0.2) is 0 Å². The van der Waals surface area contributed by atoms with Crippen molar-refractivity contribution in [2.45, 2.75) is 24.3 Å². The molecule has 0 bridgehead atoms. The molecule has 144 valence electrons. The van der Waals surface area contributed by atoms with Crippen molar-refractivity contribution < 1.29 is 13.9 Å². The van der Waals surface area contributed by atoms with Gasteiger partial charge in [-0.25, -0.2) is 0 Å². The quantitative estimate of drug-likeness (QED) is 0.696. The minimum Gasteiger partial charge on any atom is -0.340 e. The average molecular weight is 388 g/mol. The van der Waals surface area contributed by atoms with Gasteiger partial charge in [-0.3, -0.25) is 18.9 Å². The smallest absolute Gasteiger partial charge is 0.236 e. The number of rotatable bonds is 3. The van der Waals surface area contributed by atoms with E-state index in [0.29, 0.717) is 41.9 Å². The zero-order valence-electron chi connectivity index (χ0n) is 15.2. The average Bonchev–Trinajstić information content (AvgIpc) is 2.88. The SMILES string of the molecule is C#Cc1cncc2cccc(S(O)(O)N3CCCN(C(=O)CN)C[C@@H]3C)c12. The number of nitrogens with zero attached hydrogens (tertiary/aromatic N) is 3. The summed E-state index contributed by atoms with van der Waals surface area (Å²) < 4.78 is 24.2. The van der Waals surface area contributed by atoms with Gasteiger partial charge in [-0.1, -0.05) is 18.1 Å². The standard InChI is InChI=1S/C19H24N4O3S/c1-3-15-11-21-12-16-6-4-7-17(19(15)16)27(25,26)23-9-5-8-22(13-14(23)2)18(24)10-20/h1,4,6-7,11-12,14,25-26H,5,8-10,13,20H2,2H3/t14-/m0/s1. The van der Waals surface area contributed by atoms with Crippen LogP contribution in [0.5, 0.6) is 0 Å². The Bertz CT molecular complexity index is 891. The molecule has 27 heavy (non-hydrogen) atoms. The summed E-state index contributed by atoms with van der Waals surface area (Å²) in [6, 6.07) is 5.05. The number of hydrogen-bond donors (Lipinski definition) is 3. The first-order chi connectivity index (χ1) is 12.9. The second kappa shape index (κ2) is 7.84. The first-order valence-corrected chi connectivity index (χ1v) is 10.3. The second-order valence-corrected chi connectivity index (χ2v) is 8.54. The van der Waals surface area contributed by atoms with Crippen molar-refractivity contribution in [3.8, 4) is 12.3 Å². The van der Waals surface area contributed by atoms with Crippen molar-refractivity contribution in [2.24, 2.45) is 5.73 Å². The Kier molecular flexibility index (Phi) is 5.69. The molecule has 1 amide bonds. The molecule has 2 heterocycles. The molecular formula is C19H24N4O3S. The van der Waals surface area contributed by atoms with Gasteiger partial charge in [-0.05, 0) is 19.4 Å². The number of aromatic nitrogens is 1. The van der Waals surface area contributed by atoms with E-state index in [0.717, 1.165) is 5.39 Å². The molecule has 3 rings (SSSR count). The van der Waals surface area contributed by atoms with E-state index in [2.05, 4.69) is 10.9 Å². The summed E-state index contributed by atoms with van der Waals surface area (Å²) in [4.78, 5) is 18.2. The number of benzene rings is 1. The lowest BCUT2D eigenvalue weighted by molar-refractivity contribution is -0.129. The maximum atomic E-state index is 12.0. The monoisotopic (exact) mass is 388 g/mol. The van der Waals surface area contributed by atoms with Crippen LogP contribution < -0.4 is 5.73 Å². The molecule has 2 aromatic rings. The van der Waals surface area contributed by atoms with E-state index in [-0.39, 0.29) is 18.5 Å². The maximum Gasteiger partial charge on any atom is 0.236 e. The largest absolute Gasteiger partial charge is 0.340 e. The van der Waals surface area contributed by atoms with Crippen LogP contribution in [0.4, 0.5) is 0 Å². The number of carbonyl (C=O) groups excluding carboxylic acids is 1. The Morgan fingerprint density at radius 2 is 2.19 bits per heavy atom. The fourth-order valence-electron chi connectivity index (χ4n) is 3.54. The molecule has 1 aromatic heterocycles. The third-order valence-corrected chi connectivity index (χ3v) is 6.96. The molecular weight excluding hydrogens is 364 g/mol. The summed E-state index contributed by atoms with van der Waals surface area (Å²) in [5.74, 6) is 2.45. The van der Waals surface area contributed by atoms with Crippen LogP contribution in [0.1, 0.15) is 18.9 Å². The number of carbonyl (C=O) groups is 1. The van der Waals surface area contributed by atoms with Crippen LogP contribution in [0.3, 0.4) is 0 Å². The van der Waals surface area contributed by atoms with Crippen LogP contribution in [0.2, 0.25) is 0 Å². The minimum absolute atomic E-state index is 0.0508. The molecule has 0 aliphatic carbocycles. The highest BCUT2D eigenvalue weighted by molar-refractivity contribution is 8.22. The molecule has 0 radical (unpaired) electrons. The summed E-state index contributed by atoms with van der Waals surface area (Å²) in [5.41, 5.74) is 6.00. The van der Waals surface area contributed by atoms with E-state index in [1.54, 1.807) is 33.7 Å². The fraction of sp³-hybridized carbons (Fsp3) is 0.368. The molecule has 1 fully saturated rings. The summed E-state index contributed by atoms with van der Waals surface area (Å²) in [5, 5.41) is 1.38. The first kappa shape index (κ1) is 19.6. The molecule has 0 saturated carbocycles. The zero-order chi connectivity index (χ0) is 19.6. The van der Waals surface area contributed by atoms with Crippen LogP contribution in [0.15, 0.2) is 35.5 Å². The topological polar surface area (TPSA) is 103 Å². The van der Waals surface area contributed by atoms with E-state index in [4.69, 9.17) is 12.2 Å². The summed E-state index contributed by atoms with van der Waals surface area (Å²) in [6.45, 7) is 3.21. The molecule has 1 aromatic carbocycles. The van der Waals surface area contributed by atoms with E-state index in [9.17, 15) is 13.9 Å². The third kappa shape index (κ3) is 3.65. The first-order valence-electron chi connectivity index (χ1n) is 8.76. The Morgan fingerprint density at radius 1 is 1.41 bits per heavy atom. The second-order valence-electron chi connectivity index (χ2n) is 6.59. The lowest BCUT2D eigenvalue weighted by atomic mass is 10.1. The van der Waals surface area contributed by atoms with Crippen molar-refractivity contribution in [1.29, 1.82) is 0 Å². The highest BCUT2D eigenvalue weighted by Gasteiger charge is 2.34. The van der Waals surface area contributed by atoms with Gasteiger partial charge >= 0.3 is 0 Å². The molecule has 0 spiro atoms. The van der Waals surface area contributed by atoms with Gasteiger partial charge in [0.05, 0.1) is 17.0 Å². The Labute approximate surface area is 160 Å². The van der Waals surface area contributed by atoms with Gasteiger partial charge in [0.2, 0.25) is 5.91 Å². The maximum absolute atomic E-state index is 12.0. The van der Waals surface area contributed by atoms with Crippen LogP contribution in [0, 0.1) is 12.3 Å². The van der Waals surface area contributed by atoms with Crippen molar-refractivity contribution >= 4 is 27.5 Å². The Balaban J connectivity index is 2.03. The predicted octanol–water partition coefficient (Wildman–Crippen LogP) is 2.12. The molecule has 1 atom stereocenters. The normalized spacial score (nSPS) is 19.5. The van der Waals surface area contributed by atoms with Gasteiger partial charge in [0, 0.05) is 48.8 Å². The van der Waals surface area contributed by atoms with Gasteiger partial charge in [0.25, 0.3) is 0 Å². The Hall–Kier alpha value is -2.15. The molecule has 1 saturated heterocycles. The molecule has 8 heteroatoms. The number of hydrogen-bond acceptors (Lipinski definition) is 6. The highest BCUT2D eigenvalue weighted by Crippen LogP contribution is 2.55. The van der Waals surface area contributed by atoms with Crippen molar-refractivity contribution in [2.75, 3.05) is 26.2 Å². The van der Waals surface area contributed by atoms with Crippen molar-refractivity contribution in [1.82, 2.24) is 14.2 Å². The molecule has 0 unspecified atom stereocenters. The van der Waals surface area contributed by atoms with E-state index in [1.165, 1.54) is 0 Å². The van der Waals surface area contributed by atoms with E-state index < -0.39 is 10.8 Å².